The monoisotopic (exact) mass is 340 g/mol. The number of thiophene rings is 1. The molecule has 1 saturated heterocycles. The normalized spacial score (nSPS) is 18.3. The number of nitrogens with zero attached hydrogens (tertiary/aromatic N) is 1. The highest BCUT2D eigenvalue weighted by atomic mass is 32.1. The predicted molar refractivity (Wildman–Crippen MR) is 93.1 cm³/mol. The fourth-order valence-corrected chi connectivity index (χ4v) is 3.50. The number of likely N-dealkylation sites (tertiary alicyclic amines) is 1. The third-order valence-electron chi connectivity index (χ3n) is 3.98. The van der Waals surface area contributed by atoms with Crippen molar-refractivity contribution in [1.82, 2.24) is 10.2 Å². The molecule has 23 heavy (non-hydrogen) atoms. The summed E-state index contributed by atoms with van der Waals surface area (Å²) in [4.78, 5) is 16.3. The minimum Gasteiger partial charge on any atom is -0.389 e. The molecule has 1 aromatic heterocycles. The Morgan fingerprint density at radius 3 is 2.70 bits per heavy atom. The molecule has 0 aliphatic carbocycles. The number of carbonyl (C=O) groups is 1. The predicted octanol–water partition coefficient (Wildman–Crippen LogP) is 2.04. The van der Waals surface area contributed by atoms with E-state index >= 15 is 0 Å². The Balaban J connectivity index is 1.68. The van der Waals surface area contributed by atoms with Crippen molar-refractivity contribution in [3.8, 4) is 0 Å². The van der Waals surface area contributed by atoms with E-state index in [1.165, 1.54) is 11.3 Å². The molecule has 1 atom stereocenters. The molecular formula is C17H28N2O3S. The smallest absolute Gasteiger partial charge is 0.261 e. The zero-order chi connectivity index (χ0) is 16.8. The van der Waals surface area contributed by atoms with Crippen LogP contribution in [0.2, 0.25) is 0 Å². The number of carbonyl (C=O) groups excluding carboxylic acids is 1. The number of hydrogen-bond acceptors (Lipinski definition) is 5. The van der Waals surface area contributed by atoms with Crippen molar-refractivity contribution >= 4 is 17.2 Å². The molecule has 5 nitrogen and oxygen atoms in total. The standard InChI is InChI=1S/C17H28N2O3S/c1-12(2)22-11-15(20)10-19-8-6-14(7-9-19)18-17(21)16-5-4-13(3)23-16/h4-5,12,14-15,20H,6-11H2,1-3H3,(H,18,21). The van der Waals surface area contributed by atoms with Gasteiger partial charge in [-0.2, -0.15) is 0 Å². The van der Waals surface area contributed by atoms with Crippen LogP contribution in [0.15, 0.2) is 12.1 Å². The summed E-state index contributed by atoms with van der Waals surface area (Å²) in [5, 5.41) is 13.1. The maximum Gasteiger partial charge on any atom is 0.261 e. The molecule has 6 heteroatoms. The summed E-state index contributed by atoms with van der Waals surface area (Å²) in [6.07, 6.45) is 1.55. The quantitative estimate of drug-likeness (QED) is 0.797. The first-order valence-corrected chi connectivity index (χ1v) is 9.15. The lowest BCUT2D eigenvalue weighted by Crippen LogP contribution is -2.47. The maximum absolute atomic E-state index is 12.2. The number of aryl methyl sites for hydroxylation is 1. The summed E-state index contributed by atoms with van der Waals surface area (Å²) in [5.41, 5.74) is 0. The summed E-state index contributed by atoms with van der Waals surface area (Å²) in [7, 11) is 0. The molecule has 1 unspecified atom stereocenters. The second-order valence-corrected chi connectivity index (χ2v) is 7.78. The lowest BCUT2D eigenvalue weighted by atomic mass is 10.0. The van der Waals surface area contributed by atoms with Crippen molar-refractivity contribution in [2.45, 2.75) is 51.9 Å². The van der Waals surface area contributed by atoms with Gasteiger partial charge in [0.2, 0.25) is 0 Å². The summed E-state index contributed by atoms with van der Waals surface area (Å²) in [6, 6.07) is 4.09. The highest BCUT2D eigenvalue weighted by Crippen LogP contribution is 2.17. The Kier molecular flexibility index (Phi) is 7.02. The van der Waals surface area contributed by atoms with Crippen LogP contribution in [0.1, 0.15) is 41.2 Å². The van der Waals surface area contributed by atoms with Crippen LogP contribution in [0.4, 0.5) is 0 Å². The molecule has 0 spiro atoms. The van der Waals surface area contributed by atoms with Crippen molar-refractivity contribution < 1.29 is 14.6 Å². The van der Waals surface area contributed by atoms with Crippen LogP contribution >= 0.6 is 11.3 Å². The van der Waals surface area contributed by atoms with E-state index in [9.17, 15) is 9.90 Å². The Morgan fingerprint density at radius 1 is 1.43 bits per heavy atom. The van der Waals surface area contributed by atoms with Crippen LogP contribution in [0.5, 0.6) is 0 Å². The molecule has 0 saturated carbocycles. The Bertz CT molecular complexity index is 496. The molecule has 1 amide bonds. The van der Waals surface area contributed by atoms with Crippen molar-refractivity contribution in [2.24, 2.45) is 0 Å². The molecular weight excluding hydrogens is 312 g/mol. The number of hydrogen-bond donors (Lipinski definition) is 2. The van der Waals surface area contributed by atoms with Crippen LogP contribution in [0.25, 0.3) is 0 Å². The average Bonchev–Trinajstić information content (AvgIpc) is 2.94. The first-order valence-electron chi connectivity index (χ1n) is 8.33. The van der Waals surface area contributed by atoms with Crippen LogP contribution in [0.3, 0.4) is 0 Å². The van der Waals surface area contributed by atoms with E-state index < -0.39 is 6.10 Å². The molecule has 0 radical (unpaired) electrons. The highest BCUT2D eigenvalue weighted by molar-refractivity contribution is 7.13. The SMILES string of the molecule is Cc1ccc(C(=O)NC2CCN(CC(O)COC(C)C)CC2)s1. The van der Waals surface area contributed by atoms with Gasteiger partial charge in [-0.15, -0.1) is 11.3 Å². The third kappa shape index (κ3) is 6.22. The zero-order valence-electron chi connectivity index (χ0n) is 14.2. The number of aliphatic hydroxyl groups excluding tert-OH is 1. The van der Waals surface area contributed by atoms with E-state index in [2.05, 4.69) is 10.2 Å². The van der Waals surface area contributed by atoms with Gasteiger partial charge >= 0.3 is 0 Å². The Labute approximate surface area is 142 Å². The summed E-state index contributed by atoms with van der Waals surface area (Å²) in [6.45, 7) is 8.75. The number of ether oxygens (including phenoxy) is 1. The number of nitrogens with one attached hydrogen (secondary N) is 1. The summed E-state index contributed by atoms with van der Waals surface area (Å²) >= 11 is 1.53. The zero-order valence-corrected chi connectivity index (χ0v) is 15.1. The lowest BCUT2D eigenvalue weighted by Gasteiger charge is -2.33. The second-order valence-electron chi connectivity index (χ2n) is 6.49. The van der Waals surface area contributed by atoms with Gasteiger partial charge in [0, 0.05) is 30.6 Å². The van der Waals surface area contributed by atoms with Crippen molar-refractivity contribution in [3.05, 3.63) is 21.9 Å². The first kappa shape index (κ1) is 18.4. The molecule has 2 N–H and O–H groups in total. The summed E-state index contributed by atoms with van der Waals surface area (Å²) in [5.74, 6) is 0.0342. The van der Waals surface area contributed by atoms with Gasteiger partial charge in [-0.25, -0.2) is 0 Å². The van der Waals surface area contributed by atoms with Gasteiger partial charge in [0.15, 0.2) is 0 Å². The molecule has 2 rings (SSSR count). The van der Waals surface area contributed by atoms with Crippen molar-refractivity contribution in [2.75, 3.05) is 26.2 Å². The van der Waals surface area contributed by atoms with Crippen LogP contribution < -0.4 is 5.32 Å². The molecule has 130 valence electrons. The molecule has 0 aromatic carbocycles. The number of amides is 1. The van der Waals surface area contributed by atoms with E-state index in [1.807, 2.05) is 32.9 Å². The van der Waals surface area contributed by atoms with Gasteiger partial charge in [0.25, 0.3) is 5.91 Å². The maximum atomic E-state index is 12.2. The second kappa shape index (κ2) is 8.78. The van der Waals surface area contributed by atoms with Gasteiger partial charge in [0.05, 0.1) is 23.7 Å². The minimum absolute atomic E-state index is 0.0342. The molecule has 0 bridgehead atoms. The van der Waals surface area contributed by atoms with Gasteiger partial charge in [0.1, 0.15) is 0 Å². The number of aliphatic hydroxyl groups is 1. The average molecular weight is 340 g/mol. The van der Waals surface area contributed by atoms with Gasteiger partial charge in [-0.05, 0) is 45.7 Å². The number of piperidine rings is 1. The topological polar surface area (TPSA) is 61.8 Å². The molecule has 1 aliphatic heterocycles. The largest absolute Gasteiger partial charge is 0.389 e. The fourth-order valence-electron chi connectivity index (χ4n) is 2.73. The van der Waals surface area contributed by atoms with Crippen LogP contribution in [-0.2, 0) is 4.74 Å². The van der Waals surface area contributed by atoms with Crippen molar-refractivity contribution in [3.63, 3.8) is 0 Å². The third-order valence-corrected chi connectivity index (χ3v) is 4.98. The fraction of sp³-hybridized carbons (Fsp3) is 0.706. The first-order chi connectivity index (χ1) is 10.9. The van der Waals surface area contributed by atoms with E-state index in [0.29, 0.717) is 13.2 Å². The van der Waals surface area contributed by atoms with E-state index in [4.69, 9.17) is 4.74 Å². The van der Waals surface area contributed by atoms with Gasteiger partial charge in [-0.1, -0.05) is 0 Å². The Hall–Kier alpha value is -0.950. The van der Waals surface area contributed by atoms with E-state index in [0.717, 1.165) is 35.7 Å². The van der Waals surface area contributed by atoms with E-state index in [1.54, 1.807) is 0 Å². The number of rotatable bonds is 7. The number of β-amino-alcohol motifs (C(OH)–C–C–N with tert-alkyl or cyclic N) is 1. The minimum atomic E-state index is -0.447. The lowest BCUT2D eigenvalue weighted by molar-refractivity contribution is -0.0114. The molecule has 1 aromatic rings. The van der Waals surface area contributed by atoms with Crippen LogP contribution in [-0.4, -0.2) is 60.4 Å². The molecule has 1 aliphatic rings. The molecule has 1 fully saturated rings. The summed E-state index contributed by atoms with van der Waals surface area (Å²) < 4.78 is 5.44. The van der Waals surface area contributed by atoms with E-state index in [-0.39, 0.29) is 18.1 Å². The van der Waals surface area contributed by atoms with Gasteiger partial charge < -0.3 is 20.1 Å². The van der Waals surface area contributed by atoms with Crippen LogP contribution in [0, 0.1) is 6.92 Å². The van der Waals surface area contributed by atoms with Gasteiger partial charge in [-0.3, -0.25) is 4.79 Å². The highest BCUT2D eigenvalue weighted by Gasteiger charge is 2.23. The molecule has 2 heterocycles. The van der Waals surface area contributed by atoms with Crippen molar-refractivity contribution in [1.29, 1.82) is 0 Å². The Morgan fingerprint density at radius 2 is 2.13 bits per heavy atom.